The van der Waals surface area contributed by atoms with Gasteiger partial charge in [0.2, 0.25) is 35.4 Å². The standard InChI is InChI=1S/C28H42N7O7.Li/c1-21(37)35(22-6-3-2-4-7-22)23-10-14-34(15-11-23)16-12-29-24(38)8-5-9-25(39)31-19-27(41)33-20-28(42)32-18-26(40)30-13-17-36;/h2-4,6-7,23H,5,8-20H2,1H3,(H,29,38)(H,30,40)(H,31,39)(H,32,42)(H,33,41);/q-1;+1. The Balaban J connectivity index is 0.00000924. The summed E-state index contributed by atoms with van der Waals surface area (Å²) in [6, 6.07) is 9.81. The van der Waals surface area contributed by atoms with E-state index < -0.39 is 30.2 Å². The van der Waals surface area contributed by atoms with Crippen LogP contribution in [0.4, 0.5) is 5.69 Å². The monoisotopic (exact) mass is 595 g/mol. The number of hydrogen-bond acceptors (Lipinski definition) is 8. The number of piperidine rings is 1. The molecule has 1 aromatic carbocycles. The Morgan fingerprint density at radius 1 is 0.767 bits per heavy atom. The minimum atomic E-state index is -0.592. The smallest absolute Gasteiger partial charge is 0.853 e. The first kappa shape index (κ1) is 37.6. The first-order chi connectivity index (χ1) is 20.2. The van der Waals surface area contributed by atoms with Crippen molar-refractivity contribution in [2.75, 3.05) is 63.9 Å². The molecule has 0 bridgehead atoms. The molecular formula is C28H42LiN7O7. The summed E-state index contributed by atoms with van der Waals surface area (Å²) in [7, 11) is 0. The van der Waals surface area contributed by atoms with Gasteiger partial charge in [0.05, 0.1) is 19.6 Å². The van der Waals surface area contributed by atoms with Gasteiger partial charge in [-0.1, -0.05) is 18.2 Å². The van der Waals surface area contributed by atoms with Gasteiger partial charge in [0, 0.05) is 64.2 Å². The maximum absolute atomic E-state index is 12.3. The second kappa shape index (κ2) is 21.3. The van der Waals surface area contributed by atoms with E-state index in [9.17, 15) is 33.9 Å². The molecule has 232 valence electrons. The van der Waals surface area contributed by atoms with Crippen LogP contribution in [0.3, 0.4) is 0 Å². The summed E-state index contributed by atoms with van der Waals surface area (Å²) in [5.74, 6) is -2.20. The van der Waals surface area contributed by atoms with Crippen LogP contribution in [-0.2, 0) is 28.8 Å². The molecule has 2 rings (SSSR count). The molecule has 1 aliphatic heterocycles. The van der Waals surface area contributed by atoms with Crippen molar-refractivity contribution >= 4 is 41.1 Å². The number of amides is 6. The van der Waals surface area contributed by atoms with Crippen molar-refractivity contribution in [3.8, 4) is 0 Å². The number of rotatable bonds is 17. The zero-order chi connectivity index (χ0) is 30.7. The van der Waals surface area contributed by atoms with Gasteiger partial charge in [-0.25, -0.2) is 0 Å². The fraction of sp³-hybridized carbons (Fsp3) is 0.571. The molecule has 1 aromatic rings. The Morgan fingerprint density at radius 2 is 1.26 bits per heavy atom. The third kappa shape index (κ3) is 15.6. The van der Waals surface area contributed by atoms with Crippen LogP contribution >= 0.6 is 0 Å². The van der Waals surface area contributed by atoms with Crippen molar-refractivity contribution in [1.82, 2.24) is 31.5 Å². The average molecular weight is 596 g/mol. The Kier molecular flexibility index (Phi) is 18.6. The van der Waals surface area contributed by atoms with Crippen LogP contribution in [-0.4, -0.2) is 105 Å². The number of benzene rings is 1. The summed E-state index contributed by atoms with van der Waals surface area (Å²) in [4.78, 5) is 75.3. The first-order valence-corrected chi connectivity index (χ1v) is 14.2. The van der Waals surface area contributed by atoms with E-state index in [2.05, 4.69) is 31.5 Å². The van der Waals surface area contributed by atoms with Crippen molar-refractivity contribution in [2.45, 2.75) is 45.1 Å². The van der Waals surface area contributed by atoms with E-state index >= 15 is 0 Å². The molecule has 1 fully saturated rings. The number of para-hydroxylation sites is 1. The number of likely N-dealkylation sites (tertiary alicyclic amines) is 1. The summed E-state index contributed by atoms with van der Waals surface area (Å²) >= 11 is 0. The molecule has 14 nitrogen and oxygen atoms in total. The van der Waals surface area contributed by atoms with Gasteiger partial charge in [0.25, 0.3) is 0 Å². The molecule has 1 saturated heterocycles. The minimum Gasteiger partial charge on any atom is -0.853 e. The Morgan fingerprint density at radius 3 is 1.79 bits per heavy atom. The van der Waals surface area contributed by atoms with Gasteiger partial charge in [0.15, 0.2) is 0 Å². The zero-order valence-corrected chi connectivity index (χ0v) is 25.1. The van der Waals surface area contributed by atoms with Crippen LogP contribution in [0, 0.1) is 0 Å². The minimum absolute atomic E-state index is 0. The average Bonchev–Trinajstić information content (AvgIpc) is 2.98. The van der Waals surface area contributed by atoms with Crippen molar-refractivity contribution in [3.63, 3.8) is 0 Å². The van der Waals surface area contributed by atoms with E-state index in [1.807, 2.05) is 35.2 Å². The molecule has 15 heteroatoms. The molecule has 0 saturated carbocycles. The molecule has 0 aromatic heterocycles. The second-order valence-electron chi connectivity index (χ2n) is 9.89. The molecule has 0 radical (unpaired) electrons. The van der Waals surface area contributed by atoms with Crippen LogP contribution in [0.1, 0.15) is 39.0 Å². The van der Waals surface area contributed by atoms with E-state index in [4.69, 9.17) is 0 Å². The summed E-state index contributed by atoms with van der Waals surface area (Å²) in [5.41, 5.74) is 0.908. The number of nitrogens with one attached hydrogen (secondary N) is 5. The number of anilines is 1. The zero-order valence-electron chi connectivity index (χ0n) is 25.1. The van der Waals surface area contributed by atoms with Gasteiger partial charge in [0.1, 0.15) is 0 Å². The Labute approximate surface area is 264 Å². The summed E-state index contributed by atoms with van der Waals surface area (Å²) < 4.78 is 0. The van der Waals surface area contributed by atoms with Crippen LogP contribution in [0.2, 0.25) is 0 Å². The van der Waals surface area contributed by atoms with Gasteiger partial charge in [-0.15, -0.1) is 6.61 Å². The largest absolute Gasteiger partial charge is 1.00 e. The van der Waals surface area contributed by atoms with E-state index in [0.29, 0.717) is 19.5 Å². The molecule has 0 unspecified atom stereocenters. The fourth-order valence-corrected chi connectivity index (χ4v) is 4.49. The molecule has 0 atom stereocenters. The topological polar surface area (TPSA) is 192 Å². The Hall–Kier alpha value is -3.44. The van der Waals surface area contributed by atoms with E-state index in [1.165, 1.54) is 0 Å². The van der Waals surface area contributed by atoms with E-state index in [1.54, 1.807) is 6.92 Å². The second-order valence-corrected chi connectivity index (χ2v) is 9.89. The van der Waals surface area contributed by atoms with Crippen LogP contribution < -0.4 is 55.5 Å². The van der Waals surface area contributed by atoms with Gasteiger partial charge >= 0.3 is 18.9 Å². The molecule has 1 aliphatic rings. The van der Waals surface area contributed by atoms with Crippen LogP contribution in [0.5, 0.6) is 0 Å². The molecule has 6 amide bonds. The maximum atomic E-state index is 12.3. The predicted octanol–water partition coefficient (Wildman–Crippen LogP) is -5.38. The fourth-order valence-electron chi connectivity index (χ4n) is 4.49. The number of hydrogen-bond donors (Lipinski definition) is 5. The van der Waals surface area contributed by atoms with Gasteiger partial charge < -0.3 is 41.5 Å². The van der Waals surface area contributed by atoms with Crippen molar-refractivity contribution < 1.29 is 52.7 Å². The van der Waals surface area contributed by atoms with Crippen molar-refractivity contribution in [3.05, 3.63) is 30.3 Å². The molecule has 43 heavy (non-hydrogen) atoms. The summed E-state index contributed by atoms with van der Waals surface area (Å²) in [5, 5.41) is 22.5. The normalized spacial score (nSPS) is 13.2. The molecule has 1 heterocycles. The van der Waals surface area contributed by atoms with Gasteiger partial charge in [-0.3, -0.25) is 28.8 Å². The van der Waals surface area contributed by atoms with Gasteiger partial charge in [-0.2, -0.15) is 0 Å². The third-order valence-corrected chi connectivity index (χ3v) is 6.62. The van der Waals surface area contributed by atoms with Crippen molar-refractivity contribution in [2.24, 2.45) is 0 Å². The number of nitrogens with zero attached hydrogens (tertiary/aromatic N) is 2. The van der Waals surface area contributed by atoms with E-state index in [0.717, 1.165) is 31.6 Å². The van der Waals surface area contributed by atoms with Crippen molar-refractivity contribution in [1.29, 1.82) is 0 Å². The molecule has 0 spiro atoms. The quantitative estimate of drug-likeness (QED) is 0.110. The number of carbonyl (C=O) groups excluding carboxylic acids is 6. The molecule has 0 aliphatic carbocycles. The molecular weight excluding hydrogens is 553 g/mol. The first-order valence-electron chi connectivity index (χ1n) is 14.2. The Bertz CT molecular complexity index is 1050. The third-order valence-electron chi connectivity index (χ3n) is 6.62. The summed E-state index contributed by atoms with van der Waals surface area (Å²) in [6.45, 7) is 2.94. The SMILES string of the molecule is CC(=O)N(c1ccccc1)C1CCN(CCNC(=O)CCCC(=O)NCC(=O)NCC(=O)NCC(=O)NCC[O-])CC1.[Li+]. The number of carbonyl (C=O) groups is 6. The summed E-state index contributed by atoms with van der Waals surface area (Å²) in [6.07, 6.45) is 2.27. The predicted molar refractivity (Wildman–Crippen MR) is 153 cm³/mol. The van der Waals surface area contributed by atoms with Crippen LogP contribution in [0.15, 0.2) is 30.3 Å². The van der Waals surface area contributed by atoms with Crippen LogP contribution in [0.25, 0.3) is 0 Å². The van der Waals surface area contributed by atoms with Gasteiger partial charge in [-0.05, 0) is 31.4 Å². The maximum Gasteiger partial charge on any atom is 1.00 e. The van der Waals surface area contributed by atoms with E-state index in [-0.39, 0.29) is 75.7 Å². The molecule has 5 N–H and O–H groups in total.